The SMILES string of the molecule is CCCC[B-](C)(c1nccn1C)c1nccn1C. The van der Waals surface area contributed by atoms with E-state index in [0.717, 1.165) is 17.8 Å². The van der Waals surface area contributed by atoms with E-state index in [1.165, 1.54) is 12.8 Å². The van der Waals surface area contributed by atoms with Crippen molar-refractivity contribution >= 4 is 17.6 Å². The zero-order valence-corrected chi connectivity index (χ0v) is 11.8. The number of hydrogen-bond donors (Lipinski definition) is 0. The van der Waals surface area contributed by atoms with Gasteiger partial charge in [-0.05, 0) is 0 Å². The van der Waals surface area contributed by atoms with E-state index in [1.807, 2.05) is 24.8 Å². The second kappa shape index (κ2) is 5.00. The molecule has 0 N–H and O–H groups in total. The Balaban J connectivity index is 2.48. The van der Waals surface area contributed by atoms with Crippen LogP contribution in [-0.2, 0) is 14.1 Å². The van der Waals surface area contributed by atoms with E-state index in [9.17, 15) is 0 Å². The van der Waals surface area contributed by atoms with Crippen LogP contribution in [-0.4, -0.2) is 25.2 Å². The van der Waals surface area contributed by atoms with E-state index in [1.54, 1.807) is 0 Å². The van der Waals surface area contributed by atoms with Crippen molar-refractivity contribution in [2.24, 2.45) is 14.1 Å². The molecule has 2 aromatic rings. The predicted octanol–water partition coefficient (Wildman–Crippen LogP) is 1.15. The lowest BCUT2D eigenvalue weighted by Gasteiger charge is -2.35. The van der Waals surface area contributed by atoms with Crippen LogP contribution >= 0.6 is 0 Å². The summed E-state index contributed by atoms with van der Waals surface area (Å²) < 4.78 is 4.26. The second-order valence-corrected chi connectivity index (χ2v) is 5.47. The van der Waals surface area contributed by atoms with Crippen LogP contribution in [0.15, 0.2) is 24.8 Å². The minimum absolute atomic E-state index is 0.877. The van der Waals surface area contributed by atoms with Crippen LogP contribution in [0.3, 0.4) is 0 Å². The number of unbranched alkanes of at least 4 members (excludes halogenated alkanes) is 1. The maximum absolute atomic E-state index is 4.58. The Morgan fingerprint density at radius 3 is 1.89 bits per heavy atom. The van der Waals surface area contributed by atoms with Crippen molar-refractivity contribution in [1.29, 1.82) is 0 Å². The van der Waals surface area contributed by atoms with Gasteiger partial charge in [0.25, 0.3) is 0 Å². The Labute approximate surface area is 109 Å². The van der Waals surface area contributed by atoms with Gasteiger partial charge in [0.1, 0.15) is 6.15 Å². The number of aryl methyl sites for hydroxylation is 2. The Bertz CT molecular complexity index is 474. The molecule has 0 amide bonds. The van der Waals surface area contributed by atoms with Gasteiger partial charge in [0.2, 0.25) is 0 Å². The summed E-state index contributed by atoms with van der Waals surface area (Å²) in [7, 11) is 4.13. The number of rotatable bonds is 5. The Hall–Kier alpha value is -1.52. The zero-order chi connectivity index (χ0) is 13.2. The van der Waals surface area contributed by atoms with E-state index in [2.05, 4.69) is 46.9 Å². The lowest BCUT2D eigenvalue weighted by atomic mass is 9.23. The lowest BCUT2D eigenvalue weighted by molar-refractivity contribution is 0.856. The number of imidazole rings is 2. The van der Waals surface area contributed by atoms with E-state index < -0.39 is 6.15 Å². The Morgan fingerprint density at radius 2 is 1.56 bits per heavy atom. The van der Waals surface area contributed by atoms with E-state index in [4.69, 9.17) is 0 Å². The molecular formula is C13H22BN4-. The van der Waals surface area contributed by atoms with Crippen LogP contribution < -0.4 is 11.4 Å². The highest BCUT2D eigenvalue weighted by atomic mass is 15.1. The molecular weight excluding hydrogens is 223 g/mol. The summed E-state index contributed by atoms with van der Waals surface area (Å²) in [6.07, 6.45) is 10.5. The minimum atomic E-state index is -0.877. The molecule has 0 saturated heterocycles. The monoisotopic (exact) mass is 245 g/mol. The van der Waals surface area contributed by atoms with Crippen LogP contribution in [0.4, 0.5) is 0 Å². The van der Waals surface area contributed by atoms with Gasteiger partial charge >= 0.3 is 0 Å². The van der Waals surface area contributed by atoms with Crippen molar-refractivity contribution < 1.29 is 0 Å². The number of aromatic nitrogens is 4. The average molecular weight is 245 g/mol. The largest absolute Gasteiger partial charge is 0.374 e. The van der Waals surface area contributed by atoms with Crippen LogP contribution in [0.25, 0.3) is 0 Å². The third-order valence-corrected chi connectivity index (χ3v) is 3.99. The van der Waals surface area contributed by atoms with Crippen LogP contribution in [0.2, 0.25) is 13.1 Å². The van der Waals surface area contributed by atoms with Gasteiger partial charge in [-0.1, -0.05) is 31.2 Å². The van der Waals surface area contributed by atoms with Gasteiger partial charge in [0.05, 0.1) is 0 Å². The summed E-state index contributed by atoms with van der Waals surface area (Å²) in [5.41, 5.74) is 2.30. The minimum Gasteiger partial charge on any atom is -0.374 e. The smallest absolute Gasteiger partial charge is 0.134 e. The van der Waals surface area contributed by atoms with Crippen molar-refractivity contribution in [2.75, 3.05) is 0 Å². The highest BCUT2D eigenvalue weighted by molar-refractivity contribution is 6.99. The zero-order valence-electron chi connectivity index (χ0n) is 11.8. The predicted molar refractivity (Wildman–Crippen MR) is 77.0 cm³/mol. The third-order valence-electron chi connectivity index (χ3n) is 3.99. The summed E-state index contributed by atoms with van der Waals surface area (Å²) in [5.74, 6) is 0. The highest BCUT2D eigenvalue weighted by Gasteiger charge is 2.29. The van der Waals surface area contributed by atoms with Gasteiger partial charge in [0, 0.05) is 38.9 Å². The van der Waals surface area contributed by atoms with E-state index in [0.29, 0.717) is 0 Å². The summed E-state index contributed by atoms with van der Waals surface area (Å²) in [6, 6.07) is 0. The van der Waals surface area contributed by atoms with Gasteiger partial charge in [-0.3, -0.25) is 9.97 Å². The first kappa shape index (κ1) is 12.9. The molecule has 0 atom stereocenters. The van der Waals surface area contributed by atoms with Crippen LogP contribution in [0.5, 0.6) is 0 Å². The number of hydrogen-bond acceptors (Lipinski definition) is 2. The Morgan fingerprint density at radius 1 is 1.06 bits per heavy atom. The highest BCUT2D eigenvalue weighted by Crippen LogP contribution is 2.13. The molecule has 18 heavy (non-hydrogen) atoms. The summed E-state index contributed by atoms with van der Waals surface area (Å²) in [5, 5.41) is 0. The van der Waals surface area contributed by atoms with Gasteiger partial charge in [-0.25, -0.2) is 0 Å². The molecule has 0 fully saturated rings. The third kappa shape index (κ3) is 2.09. The molecule has 0 aromatic carbocycles. The molecule has 0 unspecified atom stereocenters. The first-order chi connectivity index (χ1) is 8.59. The maximum atomic E-state index is 4.58. The molecule has 98 valence electrons. The van der Waals surface area contributed by atoms with Gasteiger partial charge < -0.3 is 9.13 Å². The fraction of sp³-hybridized carbons (Fsp3) is 0.538. The van der Waals surface area contributed by atoms with Crippen LogP contribution in [0.1, 0.15) is 19.8 Å². The maximum Gasteiger partial charge on any atom is 0.134 e. The van der Waals surface area contributed by atoms with Gasteiger partial charge in [-0.2, -0.15) is 13.1 Å². The first-order valence-corrected chi connectivity index (χ1v) is 6.76. The van der Waals surface area contributed by atoms with Crippen molar-refractivity contribution in [3.63, 3.8) is 0 Å². The first-order valence-electron chi connectivity index (χ1n) is 6.76. The molecule has 2 aromatic heterocycles. The molecule has 2 heterocycles. The summed E-state index contributed by atoms with van der Waals surface area (Å²) >= 11 is 0. The standard InChI is InChI=1S/C13H22BN4/c1-5-6-7-14(2,12-15-8-10-17(12)3)13-16-9-11-18(13)4/h8-11H,5-7H2,1-4H3/q-1. The van der Waals surface area contributed by atoms with Crippen LogP contribution in [0, 0.1) is 0 Å². The molecule has 0 spiro atoms. The van der Waals surface area contributed by atoms with Gasteiger partial charge in [-0.15, -0.1) is 0 Å². The summed E-state index contributed by atoms with van der Waals surface area (Å²) in [6.45, 7) is 4.54. The fourth-order valence-corrected chi connectivity index (χ4v) is 2.97. The van der Waals surface area contributed by atoms with Crippen molar-refractivity contribution in [3.8, 4) is 0 Å². The topological polar surface area (TPSA) is 35.6 Å². The van der Waals surface area contributed by atoms with Crippen molar-refractivity contribution in [1.82, 2.24) is 19.1 Å². The lowest BCUT2D eigenvalue weighted by Crippen LogP contribution is -2.62. The second-order valence-electron chi connectivity index (χ2n) is 5.47. The molecule has 4 nitrogen and oxygen atoms in total. The quantitative estimate of drug-likeness (QED) is 0.741. The Kier molecular flexibility index (Phi) is 3.59. The summed E-state index contributed by atoms with van der Waals surface area (Å²) in [4.78, 5) is 9.15. The van der Waals surface area contributed by atoms with E-state index in [-0.39, 0.29) is 0 Å². The van der Waals surface area contributed by atoms with Crippen molar-refractivity contribution in [3.05, 3.63) is 24.8 Å². The molecule has 0 aliphatic carbocycles. The van der Waals surface area contributed by atoms with Crippen molar-refractivity contribution in [2.45, 2.75) is 32.9 Å². The molecule has 0 saturated carbocycles. The average Bonchev–Trinajstić information content (AvgIpc) is 2.95. The molecule has 0 bridgehead atoms. The molecule has 0 aliphatic rings. The molecule has 5 heteroatoms. The van der Waals surface area contributed by atoms with Gasteiger partial charge in [0.15, 0.2) is 0 Å². The molecule has 0 radical (unpaired) electrons. The van der Waals surface area contributed by atoms with E-state index >= 15 is 0 Å². The molecule has 2 rings (SSSR count). The number of nitrogens with zero attached hydrogens (tertiary/aromatic N) is 4. The fourth-order valence-electron chi connectivity index (χ4n) is 2.97. The normalized spacial score (nSPS) is 12.0. The molecule has 0 aliphatic heterocycles.